The van der Waals surface area contributed by atoms with Crippen LogP contribution in [0.25, 0.3) is 0 Å². The first-order valence-corrected chi connectivity index (χ1v) is 10.3. The van der Waals surface area contributed by atoms with Gasteiger partial charge in [-0.2, -0.15) is 0 Å². The number of nitrogens with zero attached hydrogens (tertiary/aromatic N) is 1. The van der Waals surface area contributed by atoms with Crippen LogP contribution < -0.4 is 5.32 Å². The molecule has 2 heterocycles. The van der Waals surface area contributed by atoms with Gasteiger partial charge in [-0.25, -0.2) is 4.79 Å². The van der Waals surface area contributed by atoms with Gasteiger partial charge in [-0.15, -0.1) is 11.3 Å². The third kappa shape index (κ3) is 5.54. The SMILES string of the molecule is CC(NCC1CN(C(=O)OCc2ccccc2)CCO1)c1cc(Br)cs1. The lowest BCUT2D eigenvalue weighted by atomic mass is 10.2. The van der Waals surface area contributed by atoms with Gasteiger partial charge in [-0.1, -0.05) is 30.3 Å². The molecule has 1 N–H and O–H groups in total. The van der Waals surface area contributed by atoms with E-state index < -0.39 is 0 Å². The zero-order chi connectivity index (χ0) is 18.4. The minimum atomic E-state index is -0.280. The van der Waals surface area contributed by atoms with Crippen molar-refractivity contribution in [2.24, 2.45) is 0 Å². The van der Waals surface area contributed by atoms with E-state index in [4.69, 9.17) is 9.47 Å². The van der Waals surface area contributed by atoms with Crippen LogP contribution >= 0.6 is 27.3 Å². The first kappa shape index (κ1) is 19.4. The number of carbonyl (C=O) groups is 1. The molecule has 1 aromatic heterocycles. The molecule has 1 fully saturated rings. The molecule has 1 aliphatic rings. The van der Waals surface area contributed by atoms with Crippen molar-refractivity contribution in [1.82, 2.24) is 10.2 Å². The van der Waals surface area contributed by atoms with Crippen LogP contribution in [0.5, 0.6) is 0 Å². The van der Waals surface area contributed by atoms with Gasteiger partial charge in [0.1, 0.15) is 6.61 Å². The number of halogens is 1. The van der Waals surface area contributed by atoms with E-state index in [1.807, 2.05) is 30.3 Å². The summed E-state index contributed by atoms with van der Waals surface area (Å²) in [6.45, 7) is 4.77. The second kappa shape index (κ2) is 9.50. The number of hydrogen-bond acceptors (Lipinski definition) is 5. The summed E-state index contributed by atoms with van der Waals surface area (Å²) in [4.78, 5) is 15.3. The topological polar surface area (TPSA) is 50.8 Å². The summed E-state index contributed by atoms with van der Waals surface area (Å²) in [5.74, 6) is 0. The van der Waals surface area contributed by atoms with E-state index in [1.54, 1.807) is 16.2 Å². The molecular weight excluding hydrogens is 416 g/mol. The zero-order valence-electron chi connectivity index (χ0n) is 14.7. The van der Waals surface area contributed by atoms with Crippen molar-refractivity contribution in [2.75, 3.05) is 26.2 Å². The van der Waals surface area contributed by atoms with E-state index >= 15 is 0 Å². The zero-order valence-corrected chi connectivity index (χ0v) is 17.1. The van der Waals surface area contributed by atoms with Crippen LogP contribution in [0.4, 0.5) is 4.79 Å². The number of morpholine rings is 1. The molecule has 7 heteroatoms. The maximum Gasteiger partial charge on any atom is 0.410 e. The lowest BCUT2D eigenvalue weighted by Crippen LogP contribution is -2.49. The Hall–Kier alpha value is -1.41. The molecule has 2 unspecified atom stereocenters. The third-order valence-electron chi connectivity index (χ3n) is 4.27. The lowest BCUT2D eigenvalue weighted by Gasteiger charge is -2.33. The van der Waals surface area contributed by atoms with Crippen molar-refractivity contribution in [3.63, 3.8) is 0 Å². The highest BCUT2D eigenvalue weighted by Crippen LogP contribution is 2.25. The van der Waals surface area contributed by atoms with Crippen LogP contribution in [0, 0.1) is 0 Å². The number of rotatable bonds is 6. The number of amides is 1. The molecule has 2 atom stereocenters. The summed E-state index contributed by atoms with van der Waals surface area (Å²) in [5, 5.41) is 5.56. The van der Waals surface area contributed by atoms with E-state index in [0.717, 1.165) is 10.0 Å². The van der Waals surface area contributed by atoms with Crippen molar-refractivity contribution in [3.05, 3.63) is 56.7 Å². The molecule has 1 amide bonds. The second-order valence-electron chi connectivity index (χ2n) is 6.28. The van der Waals surface area contributed by atoms with Crippen LogP contribution in [-0.4, -0.2) is 43.3 Å². The second-order valence-corrected chi connectivity index (χ2v) is 8.13. The summed E-state index contributed by atoms with van der Waals surface area (Å²) in [6.07, 6.45) is -0.309. The average Bonchev–Trinajstić information content (AvgIpc) is 3.12. The van der Waals surface area contributed by atoms with Crippen molar-refractivity contribution in [3.8, 4) is 0 Å². The highest BCUT2D eigenvalue weighted by molar-refractivity contribution is 9.10. The number of thiophene rings is 1. The van der Waals surface area contributed by atoms with Gasteiger partial charge in [0.25, 0.3) is 0 Å². The molecule has 140 valence electrons. The summed E-state index contributed by atoms with van der Waals surface area (Å²) in [5.41, 5.74) is 0.989. The predicted molar refractivity (Wildman–Crippen MR) is 106 cm³/mol. The number of benzene rings is 1. The van der Waals surface area contributed by atoms with Crippen molar-refractivity contribution in [1.29, 1.82) is 0 Å². The summed E-state index contributed by atoms with van der Waals surface area (Å²) in [6, 6.07) is 12.1. The van der Waals surface area contributed by atoms with E-state index in [0.29, 0.717) is 32.8 Å². The Morgan fingerprint density at radius 1 is 1.46 bits per heavy atom. The molecular formula is C19H23BrN2O3S. The maximum atomic E-state index is 12.3. The highest BCUT2D eigenvalue weighted by Gasteiger charge is 2.25. The minimum Gasteiger partial charge on any atom is -0.445 e. The number of carbonyl (C=O) groups excluding carboxylic acids is 1. The van der Waals surface area contributed by atoms with Crippen molar-refractivity contribution < 1.29 is 14.3 Å². The van der Waals surface area contributed by atoms with E-state index in [9.17, 15) is 4.79 Å². The largest absolute Gasteiger partial charge is 0.445 e. The fourth-order valence-corrected chi connectivity index (χ4v) is 4.26. The molecule has 1 aliphatic heterocycles. The van der Waals surface area contributed by atoms with Crippen LogP contribution in [0.1, 0.15) is 23.4 Å². The van der Waals surface area contributed by atoms with Gasteiger partial charge in [0.05, 0.1) is 19.3 Å². The molecule has 3 rings (SSSR count). The Labute approximate surface area is 166 Å². The molecule has 0 spiro atoms. The molecule has 0 radical (unpaired) electrons. The van der Waals surface area contributed by atoms with E-state index in [1.165, 1.54) is 4.88 Å². The number of hydrogen-bond donors (Lipinski definition) is 1. The molecule has 2 aromatic rings. The van der Waals surface area contributed by atoms with Crippen LogP contribution in [-0.2, 0) is 16.1 Å². The van der Waals surface area contributed by atoms with Crippen molar-refractivity contribution in [2.45, 2.75) is 25.7 Å². The standard InChI is InChI=1S/C19H23BrN2O3S/c1-14(18-9-16(20)13-26-18)21-10-17-11-22(7-8-24-17)19(23)25-12-15-5-3-2-4-6-15/h2-6,9,13-14,17,21H,7-8,10-12H2,1H3. The Kier molecular flexibility index (Phi) is 7.07. The Morgan fingerprint density at radius 3 is 3.00 bits per heavy atom. The van der Waals surface area contributed by atoms with Crippen LogP contribution in [0.2, 0.25) is 0 Å². The predicted octanol–water partition coefficient (Wildman–Crippen LogP) is 4.20. The molecule has 1 saturated heterocycles. The van der Waals surface area contributed by atoms with Crippen LogP contribution in [0.3, 0.4) is 0 Å². The van der Waals surface area contributed by atoms with Gasteiger partial charge in [0.2, 0.25) is 0 Å². The lowest BCUT2D eigenvalue weighted by molar-refractivity contribution is -0.0278. The molecule has 1 aromatic carbocycles. The maximum absolute atomic E-state index is 12.3. The summed E-state index contributed by atoms with van der Waals surface area (Å²) in [7, 11) is 0. The van der Waals surface area contributed by atoms with Gasteiger partial charge in [0, 0.05) is 33.9 Å². The highest BCUT2D eigenvalue weighted by atomic mass is 79.9. The fourth-order valence-electron chi connectivity index (χ4n) is 2.78. The Balaban J connectivity index is 1.43. The fraction of sp³-hybridized carbons (Fsp3) is 0.421. The number of nitrogens with one attached hydrogen (secondary N) is 1. The normalized spacial score (nSPS) is 18.5. The minimum absolute atomic E-state index is 0.0288. The smallest absolute Gasteiger partial charge is 0.410 e. The Morgan fingerprint density at radius 2 is 2.27 bits per heavy atom. The van der Waals surface area contributed by atoms with E-state index in [2.05, 4.69) is 39.6 Å². The van der Waals surface area contributed by atoms with Crippen LogP contribution in [0.15, 0.2) is 46.3 Å². The number of ether oxygens (including phenoxy) is 2. The molecule has 5 nitrogen and oxygen atoms in total. The Bertz CT molecular complexity index is 710. The third-order valence-corrected chi connectivity index (χ3v) is 6.14. The summed E-state index contributed by atoms with van der Waals surface area (Å²) < 4.78 is 12.3. The van der Waals surface area contributed by atoms with Gasteiger partial charge in [-0.3, -0.25) is 0 Å². The summed E-state index contributed by atoms with van der Waals surface area (Å²) >= 11 is 5.20. The first-order valence-electron chi connectivity index (χ1n) is 8.66. The monoisotopic (exact) mass is 438 g/mol. The molecule has 26 heavy (non-hydrogen) atoms. The van der Waals surface area contributed by atoms with Gasteiger partial charge in [0.15, 0.2) is 0 Å². The molecule has 0 aliphatic carbocycles. The molecule has 0 saturated carbocycles. The van der Waals surface area contributed by atoms with Gasteiger partial charge in [-0.05, 0) is 34.5 Å². The van der Waals surface area contributed by atoms with E-state index in [-0.39, 0.29) is 18.2 Å². The molecule has 0 bridgehead atoms. The van der Waals surface area contributed by atoms with Crippen molar-refractivity contribution >= 4 is 33.4 Å². The quantitative estimate of drug-likeness (QED) is 0.733. The van der Waals surface area contributed by atoms with Gasteiger partial charge < -0.3 is 19.7 Å². The van der Waals surface area contributed by atoms with Gasteiger partial charge >= 0.3 is 6.09 Å². The average molecular weight is 439 g/mol. The first-order chi connectivity index (χ1) is 12.6.